The van der Waals surface area contributed by atoms with Gasteiger partial charge in [0.2, 0.25) is 0 Å². The first-order valence-electron chi connectivity index (χ1n) is 7.26. The van der Waals surface area contributed by atoms with Gasteiger partial charge in [-0.25, -0.2) is 13.6 Å². The van der Waals surface area contributed by atoms with Crippen LogP contribution < -0.4 is 0 Å². The van der Waals surface area contributed by atoms with Crippen molar-refractivity contribution in [3.63, 3.8) is 0 Å². The number of benzene rings is 2. The van der Waals surface area contributed by atoms with Crippen molar-refractivity contribution < 1.29 is 27.8 Å². The summed E-state index contributed by atoms with van der Waals surface area (Å²) in [5.74, 6) is -2.81. The molecule has 4 nitrogen and oxygen atoms in total. The molecule has 0 aliphatic rings. The second-order valence-corrected chi connectivity index (χ2v) is 5.10. The number of rotatable bonds is 6. The van der Waals surface area contributed by atoms with Gasteiger partial charge in [0.1, 0.15) is 6.61 Å². The van der Waals surface area contributed by atoms with Crippen LogP contribution in [0.2, 0.25) is 0 Å². The van der Waals surface area contributed by atoms with Gasteiger partial charge in [0.05, 0.1) is 12.7 Å². The maximum Gasteiger partial charge on any atom is 0.337 e. The molecule has 0 atom stereocenters. The average molecular weight is 334 g/mol. The number of ether oxygens (including phenoxy) is 2. The normalized spacial score (nSPS) is 10.3. The van der Waals surface area contributed by atoms with E-state index in [2.05, 4.69) is 4.74 Å². The predicted molar refractivity (Wildman–Crippen MR) is 82.3 cm³/mol. The van der Waals surface area contributed by atoms with E-state index in [0.29, 0.717) is 16.7 Å². The molecule has 0 amide bonds. The second kappa shape index (κ2) is 8.19. The second-order valence-electron chi connectivity index (χ2n) is 5.10. The van der Waals surface area contributed by atoms with Gasteiger partial charge in [0.15, 0.2) is 11.6 Å². The highest BCUT2D eigenvalue weighted by atomic mass is 19.2. The number of carbonyl (C=O) groups is 2. The van der Waals surface area contributed by atoms with Crippen LogP contribution in [-0.2, 0) is 27.3 Å². The van der Waals surface area contributed by atoms with E-state index in [0.717, 1.165) is 12.1 Å². The van der Waals surface area contributed by atoms with Crippen molar-refractivity contribution >= 4 is 11.9 Å². The zero-order valence-corrected chi connectivity index (χ0v) is 13.1. The van der Waals surface area contributed by atoms with Crippen molar-refractivity contribution in [3.8, 4) is 0 Å². The topological polar surface area (TPSA) is 52.6 Å². The highest BCUT2D eigenvalue weighted by Gasteiger charge is 2.09. The summed E-state index contributed by atoms with van der Waals surface area (Å²) in [7, 11) is 1.29. The molecular formula is C18H16F2O4. The van der Waals surface area contributed by atoms with Crippen molar-refractivity contribution in [1.29, 1.82) is 0 Å². The average Bonchev–Trinajstić information content (AvgIpc) is 2.60. The molecule has 0 aliphatic carbocycles. The van der Waals surface area contributed by atoms with Crippen LogP contribution in [0.4, 0.5) is 8.78 Å². The summed E-state index contributed by atoms with van der Waals surface area (Å²) in [6.07, 6.45) is 0.292. The molecule has 2 rings (SSSR count). The van der Waals surface area contributed by atoms with Gasteiger partial charge in [-0.15, -0.1) is 0 Å². The molecule has 126 valence electrons. The van der Waals surface area contributed by atoms with Crippen LogP contribution in [0.25, 0.3) is 0 Å². The molecule has 0 bridgehead atoms. The zero-order valence-electron chi connectivity index (χ0n) is 13.1. The van der Waals surface area contributed by atoms with Crippen LogP contribution in [0.15, 0.2) is 42.5 Å². The third-order valence-corrected chi connectivity index (χ3v) is 3.35. The molecule has 0 fully saturated rings. The largest absolute Gasteiger partial charge is 0.465 e. The van der Waals surface area contributed by atoms with Crippen molar-refractivity contribution in [2.75, 3.05) is 7.11 Å². The SMILES string of the molecule is COC(=O)c1cccc(COC(=O)CCc2ccc(F)c(F)c2)c1. The third kappa shape index (κ3) is 4.87. The van der Waals surface area contributed by atoms with Crippen molar-refractivity contribution in [2.24, 2.45) is 0 Å². The fourth-order valence-electron chi connectivity index (χ4n) is 2.08. The van der Waals surface area contributed by atoms with E-state index >= 15 is 0 Å². The smallest absolute Gasteiger partial charge is 0.337 e. The van der Waals surface area contributed by atoms with E-state index in [9.17, 15) is 18.4 Å². The lowest BCUT2D eigenvalue weighted by atomic mass is 10.1. The van der Waals surface area contributed by atoms with Crippen molar-refractivity contribution in [3.05, 3.63) is 70.8 Å². The van der Waals surface area contributed by atoms with Crippen LogP contribution in [0, 0.1) is 11.6 Å². The number of halogens is 2. The Morgan fingerprint density at radius 2 is 1.79 bits per heavy atom. The minimum Gasteiger partial charge on any atom is -0.465 e. The Morgan fingerprint density at radius 1 is 1.00 bits per heavy atom. The Kier molecular flexibility index (Phi) is 6.01. The number of methoxy groups -OCH3 is 1. The Morgan fingerprint density at radius 3 is 2.50 bits per heavy atom. The van der Waals surface area contributed by atoms with Crippen LogP contribution in [-0.4, -0.2) is 19.0 Å². The molecule has 0 radical (unpaired) electrons. The number of hydrogen-bond donors (Lipinski definition) is 0. The van der Waals surface area contributed by atoms with Gasteiger partial charge >= 0.3 is 11.9 Å². The van der Waals surface area contributed by atoms with Crippen molar-refractivity contribution in [2.45, 2.75) is 19.4 Å². The summed E-state index contributed by atoms with van der Waals surface area (Å²) in [6, 6.07) is 10.1. The summed E-state index contributed by atoms with van der Waals surface area (Å²) >= 11 is 0. The maximum atomic E-state index is 13.1. The molecule has 0 saturated carbocycles. The predicted octanol–water partition coefficient (Wildman–Crippen LogP) is 3.43. The highest BCUT2D eigenvalue weighted by molar-refractivity contribution is 5.89. The van der Waals surface area contributed by atoms with Gasteiger partial charge in [0, 0.05) is 6.42 Å². The minimum absolute atomic E-state index is 0.0153. The number of esters is 2. The first-order chi connectivity index (χ1) is 11.5. The van der Waals surface area contributed by atoms with Gasteiger partial charge in [-0.05, 0) is 41.8 Å². The first-order valence-corrected chi connectivity index (χ1v) is 7.26. The molecule has 0 N–H and O–H groups in total. The van der Waals surface area contributed by atoms with Gasteiger partial charge in [-0.3, -0.25) is 4.79 Å². The number of aryl methyl sites for hydroxylation is 1. The zero-order chi connectivity index (χ0) is 17.5. The summed E-state index contributed by atoms with van der Waals surface area (Å²) in [5.41, 5.74) is 1.53. The van der Waals surface area contributed by atoms with E-state index in [1.54, 1.807) is 24.3 Å². The Balaban J connectivity index is 1.84. The van der Waals surface area contributed by atoms with Gasteiger partial charge < -0.3 is 9.47 Å². The molecule has 24 heavy (non-hydrogen) atoms. The fraction of sp³-hybridized carbons (Fsp3) is 0.222. The minimum atomic E-state index is -0.944. The molecule has 0 heterocycles. The monoisotopic (exact) mass is 334 g/mol. The highest BCUT2D eigenvalue weighted by Crippen LogP contribution is 2.12. The number of hydrogen-bond acceptors (Lipinski definition) is 4. The van der Waals surface area contributed by atoms with Gasteiger partial charge in [-0.2, -0.15) is 0 Å². The summed E-state index contributed by atoms with van der Waals surface area (Å²) in [6.45, 7) is 0.0153. The van der Waals surface area contributed by atoms with E-state index in [1.165, 1.54) is 13.2 Å². The molecule has 0 unspecified atom stereocenters. The molecule has 0 saturated heterocycles. The molecule has 0 spiro atoms. The van der Waals surface area contributed by atoms with Crippen LogP contribution >= 0.6 is 0 Å². The van der Waals surface area contributed by atoms with Gasteiger partial charge in [0.25, 0.3) is 0 Å². The quantitative estimate of drug-likeness (QED) is 0.760. The lowest BCUT2D eigenvalue weighted by molar-refractivity contribution is -0.144. The third-order valence-electron chi connectivity index (χ3n) is 3.35. The molecule has 0 aromatic heterocycles. The van der Waals surface area contributed by atoms with E-state index in [1.807, 2.05) is 0 Å². The van der Waals surface area contributed by atoms with Crippen molar-refractivity contribution in [1.82, 2.24) is 0 Å². The van der Waals surface area contributed by atoms with Gasteiger partial charge in [-0.1, -0.05) is 18.2 Å². The van der Waals surface area contributed by atoms with E-state index < -0.39 is 23.6 Å². The Labute approximate surface area is 138 Å². The van der Waals surface area contributed by atoms with E-state index in [-0.39, 0.29) is 19.4 Å². The maximum absolute atomic E-state index is 13.1. The lowest BCUT2D eigenvalue weighted by Gasteiger charge is -2.07. The summed E-state index contributed by atoms with van der Waals surface area (Å²) < 4.78 is 35.6. The standard InChI is InChI=1S/C18H16F2O4/c1-23-18(22)14-4-2-3-13(9-14)11-24-17(21)8-6-12-5-7-15(19)16(20)10-12/h2-5,7,9-10H,6,8,11H2,1H3. The molecule has 0 aliphatic heterocycles. The first kappa shape index (κ1) is 17.6. The van der Waals surface area contributed by atoms with E-state index in [4.69, 9.17) is 4.74 Å². The summed E-state index contributed by atoms with van der Waals surface area (Å²) in [5, 5.41) is 0. The Bertz CT molecular complexity index is 744. The lowest BCUT2D eigenvalue weighted by Crippen LogP contribution is -2.07. The molecule has 2 aromatic rings. The number of carbonyl (C=O) groups excluding carboxylic acids is 2. The molecular weight excluding hydrogens is 318 g/mol. The van der Waals surface area contributed by atoms with Crippen LogP contribution in [0.1, 0.15) is 27.9 Å². The van der Waals surface area contributed by atoms with Crippen LogP contribution in [0.5, 0.6) is 0 Å². The summed E-state index contributed by atoms with van der Waals surface area (Å²) in [4.78, 5) is 23.2. The van der Waals surface area contributed by atoms with Crippen LogP contribution in [0.3, 0.4) is 0 Å². The fourth-order valence-corrected chi connectivity index (χ4v) is 2.08. The molecule has 6 heteroatoms. The molecule has 2 aromatic carbocycles. The Hall–Kier alpha value is -2.76.